The molecule has 0 spiro atoms. The minimum absolute atomic E-state index is 0.179. The molecule has 1 fully saturated rings. The van der Waals surface area contributed by atoms with Gasteiger partial charge in [-0.25, -0.2) is 0 Å². The lowest BCUT2D eigenvalue weighted by Gasteiger charge is -2.23. The molecule has 2 heterocycles. The van der Waals surface area contributed by atoms with Gasteiger partial charge in [-0.1, -0.05) is 23.8 Å². The van der Waals surface area contributed by atoms with E-state index >= 15 is 0 Å². The summed E-state index contributed by atoms with van der Waals surface area (Å²) in [6.07, 6.45) is 2.36. The van der Waals surface area contributed by atoms with Crippen molar-refractivity contribution in [1.82, 2.24) is 4.90 Å². The van der Waals surface area contributed by atoms with Crippen molar-refractivity contribution in [3.63, 3.8) is 0 Å². The highest BCUT2D eigenvalue weighted by Crippen LogP contribution is 2.39. The third-order valence-electron chi connectivity index (χ3n) is 6.44. The van der Waals surface area contributed by atoms with Crippen LogP contribution in [0.1, 0.15) is 60.7 Å². The number of anilines is 1. The van der Waals surface area contributed by atoms with Gasteiger partial charge in [0.25, 0.3) is 0 Å². The number of nitrogens with two attached hydrogens (primary N) is 1. The van der Waals surface area contributed by atoms with Gasteiger partial charge in [-0.05, 0) is 96.8 Å². The van der Waals surface area contributed by atoms with Gasteiger partial charge < -0.3 is 11.1 Å². The SMILES string of the molecule is C=C(N)C(C)(C)c1cc(C)c(N/C(=C(\C)C(=O)CN2CCCC2)c2cc(C)cc(C)c2)s1. The van der Waals surface area contributed by atoms with Crippen LogP contribution < -0.4 is 11.1 Å². The van der Waals surface area contributed by atoms with Crippen molar-refractivity contribution in [1.29, 1.82) is 0 Å². The van der Waals surface area contributed by atoms with Crippen molar-refractivity contribution in [3.05, 3.63) is 69.2 Å². The molecule has 0 bridgehead atoms. The molecule has 1 aromatic carbocycles. The molecule has 1 aliphatic heterocycles. The number of likely N-dealkylation sites (tertiary alicyclic amines) is 1. The summed E-state index contributed by atoms with van der Waals surface area (Å²) in [6, 6.07) is 8.63. The Morgan fingerprint density at radius 1 is 1.12 bits per heavy atom. The van der Waals surface area contributed by atoms with Crippen LogP contribution in [-0.4, -0.2) is 30.3 Å². The Morgan fingerprint density at radius 3 is 2.28 bits per heavy atom. The molecule has 0 unspecified atom stereocenters. The van der Waals surface area contributed by atoms with E-state index in [-0.39, 0.29) is 11.2 Å². The number of nitrogens with one attached hydrogen (secondary N) is 1. The largest absolute Gasteiger partial charge is 0.402 e. The van der Waals surface area contributed by atoms with Crippen LogP contribution in [0.2, 0.25) is 0 Å². The molecule has 2 aromatic rings. The van der Waals surface area contributed by atoms with Crippen molar-refractivity contribution in [2.24, 2.45) is 5.73 Å². The van der Waals surface area contributed by atoms with E-state index in [0.29, 0.717) is 12.2 Å². The van der Waals surface area contributed by atoms with Gasteiger partial charge in [0.2, 0.25) is 0 Å². The van der Waals surface area contributed by atoms with E-state index in [1.807, 2.05) is 6.92 Å². The summed E-state index contributed by atoms with van der Waals surface area (Å²) >= 11 is 1.68. The summed E-state index contributed by atoms with van der Waals surface area (Å²) in [5, 5.41) is 4.68. The van der Waals surface area contributed by atoms with E-state index in [0.717, 1.165) is 45.4 Å². The lowest BCUT2D eigenvalue weighted by molar-refractivity contribution is -0.116. The Kier molecular flexibility index (Phi) is 7.31. The van der Waals surface area contributed by atoms with Crippen LogP contribution in [-0.2, 0) is 10.2 Å². The molecular formula is C27H37N3OS. The summed E-state index contributed by atoms with van der Waals surface area (Å²) in [7, 11) is 0. The lowest BCUT2D eigenvalue weighted by Crippen LogP contribution is -2.28. The molecule has 5 heteroatoms. The molecule has 1 aliphatic rings. The number of benzene rings is 1. The van der Waals surface area contributed by atoms with Gasteiger partial charge in [-0.15, -0.1) is 11.3 Å². The third-order valence-corrected chi connectivity index (χ3v) is 7.92. The zero-order valence-electron chi connectivity index (χ0n) is 20.4. The third kappa shape index (κ3) is 5.33. The number of aryl methyl sites for hydroxylation is 3. The summed E-state index contributed by atoms with van der Waals surface area (Å²) in [5.74, 6) is 0.179. The van der Waals surface area contributed by atoms with Crippen LogP contribution in [0.4, 0.5) is 5.00 Å². The Labute approximate surface area is 197 Å². The molecule has 3 rings (SSSR count). The molecule has 0 amide bonds. The zero-order valence-corrected chi connectivity index (χ0v) is 21.2. The van der Waals surface area contributed by atoms with Gasteiger partial charge >= 0.3 is 0 Å². The molecule has 1 saturated heterocycles. The van der Waals surface area contributed by atoms with Gasteiger partial charge in [0.15, 0.2) is 5.78 Å². The van der Waals surface area contributed by atoms with Gasteiger partial charge in [-0.3, -0.25) is 9.69 Å². The summed E-state index contributed by atoms with van der Waals surface area (Å²) in [6.45, 7) is 18.9. The number of carbonyl (C=O) groups excluding carboxylic acids is 1. The second-order valence-corrected chi connectivity index (χ2v) is 10.7. The van der Waals surface area contributed by atoms with Crippen LogP contribution >= 0.6 is 11.3 Å². The van der Waals surface area contributed by atoms with Gasteiger partial charge in [0.1, 0.15) is 0 Å². The van der Waals surface area contributed by atoms with Crippen molar-refractivity contribution in [2.75, 3.05) is 25.0 Å². The first-order valence-electron chi connectivity index (χ1n) is 11.4. The topological polar surface area (TPSA) is 58.4 Å². The Balaban J connectivity index is 2.02. The van der Waals surface area contributed by atoms with Crippen LogP contribution in [0.5, 0.6) is 0 Å². The Hall–Kier alpha value is -2.37. The van der Waals surface area contributed by atoms with E-state index in [2.05, 4.69) is 75.7 Å². The van der Waals surface area contributed by atoms with Gasteiger partial charge in [0, 0.05) is 21.6 Å². The quantitative estimate of drug-likeness (QED) is 0.488. The number of allylic oxidation sites excluding steroid dienone is 1. The fourth-order valence-electron chi connectivity index (χ4n) is 4.09. The first kappa shape index (κ1) is 24.3. The number of rotatable bonds is 8. The average Bonchev–Trinajstić information content (AvgIpc) is 3.34. The second kappa shape index (κ2) is 9.63. The number of hydrogen-bond acceptors (Lipinski definition) is 5. The highest BCUT2D eigenvalue weighted by molar-refractivity contribution is 7.16. The molecule has 1 aromatic heterocycles. The Morgan fingerprint density at radius 2 is 1.72 bits per heavy atom. The fraction of sp³-hybridized carbons (Fsp3) is 0.444. The number of carbonyl (C=O) groups is 1. The molecule has 4 nitrogen and oxygen atoms in total. The van der Waals surface area contributed by atoms with Crippen molar-refractivity contribution in [2.45, 2.75) is 59.8 Å². The van der Waals surface area contributed by atoms with E-state index in [1.54, 1.807) is 11.3 Å². The molecule has 172 valence electrons. The highest BCUT2D eigenvalue weighted by atomic mass is 32.1. The first-order valence-corrected chi connectivity index (χ1v) is 12.2. The normalized spacial score (nSPS) is 15.6. The Bertz CT molecular complexity index is 1030. The monoisotopic (exact) mass is 451 g/mol. The van der Waals surface area contributed by atoms with Gasteiger partial charge in [0.05, 0.1) is 17.2 Å². The molecule has 32 heavy (non-hydrogen) atoms. The van der Waals surface area contributed by atoms with Crippen LogP contribution in [0, 0.1) is 20.8 Å². The number of nitrogens with zero attached hydrogens (tertiary/aromatic N) is 1. The number of thiophene rings is 1. The maximum atomic E-state index is 13.2. The highest BCUT2D eigenvalue weighted by Gasteiger charge is 2.26. The van der Waals surface area contributed by atoms with E-state index < -0.39 is 0 Å². The summed E-state index contributed by atoms with van der Waals surface area (Å²) < 4.78 is 0. The summed E-state index contributed by atoms with van der Waals surface area (Å²) in [4.78, 5) is 16.7. The van der Waals surface area contributed by atoms with E-state index in [4.69, 9.17) is 5.73 Å². The summed E-state index contributed by atoms with van der Waals surface area (Å²) in [5.41, 5.74) is 12.6. The molecular weight excluding hydrogens is 414 g/mol. The smallest absolute Gasteiger partial charge is 0.174 e. The zero-order chi connectivity index (χ0) is 23.6. The second-order valence-electron chi connectivity index (χ2n) is 9.68. The molecule has 0 saturated carbocycles. The van der Waals surface area contributed by atoms with Crippen LogP contribution in [0.3, 0.4) is 0 Å². The molecule has 0 atom stereocenters. The fourth-order valence-corrected chi connectivity index (χ4v) is 5.30. The van der Waals surface area contributed by atoms with Crippen molar-refractivity contribution < 1.29 is 4.79 Å². The minimum Gasteiger partial charge on any atom is -0.402 e. The van der Waals surface area contributed by atoms with Gasteiger partial charge in [-0.2, -0.15) is 0 Å². The lowest BCUT2D eigenvalue weighted by atomic mass is 9.88. The van der Waals surface area contributed by atoms with E-state index in [9.17, 15) is 4.79 Å². The predicted octanol–water partition coefficient (Wildman–Crippen LogP) is 5.93. The molecule has 3 N–H and O–H groups in total. The number of ketones is 1. The number of hydrogen-bond donors (Lipinski definition) is 2. The van der Waals surface area contributed by atoms with E-state index in [1.165, 1.54) is 24.0 Å². The molecule has 0 radical (unpaired) electrons. The minimum atomic E-state index is -0.306. The van der Waals surface area contributed by atoms with Crippen molar-refractivity contribution in [3.8, 4) is 0 Å². The van der Waals surface area contributed by atoms with Crippen LogP contribution in [0.15, 0.2) is 42.1 Å². The standard InChI is InChI=1S/C27H37N3OS/c1-17-12-18(2)14-22(13-17)25(20(4)23(31)16-30-10-8-9-11-30)29-26-19(3)15-24(32-26)27(6,7)21(5)28/h12-15,29H,5,8-11,16,28H2,1-4,6-7H3/b25-20+. The average molecular weight is 452 g/mol. The maximum absolute atomic E-state index is 13.2. The maximum Gasteiger partial charge on any atom is 0.174 e. The van der Waals surface area contributed by atoms with Crippen molar-refractivity contribution >= 4 is 27.8 Å². The predicted molar refractivity (Wildman–Crippen MR) is 138 cm³/mol. The first-order chi connectivity index (χ1) is 15.0. The van der Waals surface area contributed by atoms with Crippen LogP contribution in [0.25, 0.3) is 5.70 Å². The molecule has 0 aliphatic carbocycles. The number of Topliss-reactive ketones (excluding diaryl/α,β-unsaturated/α-hetero) is 1.